The number of carbonyl (C=O) groups excluding carboxylic acids is 2. The van der Waals surface area contributed by atoms with Crippen molar-refractivity contribution in [1.82, 2.24) is 5.32 Å². The first kappa shape index (κ1) is 15.4. The number of amides is 2. The van der Waals surface area contributed by atoms with E-state index < -0.39 is 17.2 Å². The topological polar surface area (TPSA) is 120 Å². The summed E-state index contributed by atoms with van der Waals surface area (Å²) in [5.41, 5.74) is 4.85. The molecule has 1 aliphatic heterocycles. The van der Waals surface area contributed by atoms with E-state index >= 15 is 0 Å². The van der Waals surface area contributed by atoms with Crippen LogP contribution in [0.1, 0.15) is 32.1 Å². The largest absolute Gasteiger partial charge is 0.369 e. The molecular formula is C14H16N4O2S. The van der Waals surface area contributed by atoms with Gasteiger partial charge in [-0.1, -0.05) is 31.0 Å². The highest BCUT2D eigenvalue weighted by Gasteiger charge is 2.51. The van der Waals surface area contributed by atoms with Crippen molar-refractivity contribution in [2.24, 2.45) is 17.1 Å². The van der Waals surface area contributed by atoms with Crippen molar-refractivity contribution in [3.8, 4) is 12.1 Å². The van der Waals surface area contributed by atoms with Gasteiger partial charge in [-0.3, -0.25) is 9.59 Å². The van der Waals surface area contributed by atoms with Crippen LogP contribution >= 0.6 is 11.8 Å². The van der Waals surface area contributed by atoms with Gasteiger partial charge in [0, 0.05) is 5.41 Å². The van der Waals surface area contributed by atoms with Gasteiger partial charge < -0.3 is 11.1 Å². The number of hydrogen-bond donors (Lipinski definition) is 2. The Morgan fingerprint density at radius 2 is 2.05 bits per heavy atom. The first-order valence-electron chi connectivity index (χ1n) is 6.81. The van der Waals surface area contributed by atoms with Crippen LogP contribution in [-0.4, -0.2) is 17.6 Å². The van der Waals surface area contributed by atoms with Crippen molar-refractivity contribution < 1.29 is 9.59 Å². The normalized spacial score (nSPS) is 24.1. The highest BCUT2D eigenvalue weighted by atomic mass is 32.2. The summed E-state index contributed by atoms with van der Waals surface area (Å²) in [6, 6.07) is 4.23. The molecule has 1 fully saturated rings. The molecule has 21 heavy (non-hydrogen) atoms. The van der Waals surface area contributed by atoms with Crippen LogP contribution in [0.5, 0.6) is 0 Å². The second-order valence-corrected chi connectivity index (χ2v) is 6.32. The number of primary amides is 1. The van der Waals surface area contributed by atoms with Gasteiger partial charge in [0.1, 0.15) is 5.92 Å². The third-order valence-electron chi connectivity index (χ3n) is 4.12. The Balaban J connectivity index is 2.47. The molecule has 0 aromatic heterocycles. The maximum absolute atomic E-state index is 12.2. The Morgan fingerprint density at radius 1 is 1.38 bits per heavy atom. The monoisotopic (exact) mass is 304 g/mol. The Bertz CT molecular complexity index is 579. The number of allylic oxidation sites excluding steroid dienone is 1. The van der Waals surface area contributed by atoms with Gasteiger partial charge in [-0.05, 0) is 12.8 Å². The minimum atomic E-state index is -0.842. The highest BCUT2D eigenvalue weighted by Crippen LogP contribution is 2.51. The summed E-state index contributed by atoms with van der Waals surface area (Å²) >= 11 is 1.06. The van der Waals surface area contributed by atoms with E-state index in [1.165, 1.54) is 0 Å². The van der Waals surface area contributed by atoms with Gasteiger partial charge >= 0.3 is 0 Å². The van der Waals surface area contributed by atoms with Crippen LogP contribution < -0.4 is 11.1 Å². The van der Waals surface area contributed by atoms with Gasteiger partial charge in [0.05, 0.1) is 28.5 Å². The van der Waals surface area contributed by atoms with E-state index in [1.807, 2.05) is 0 Å². The first-order chi connectivity index (χ1) is 10.0. The molecule has 7 heteroatoms. The lowest BCUT2D eigenvalue weighted by Crippen LogP contribution is -2.48. The molecule has 6 nitrogen and oxygen atoms in total. The molecule has 0 aromatic rings. The number of carbonyl (C=O) groups is 2. The van der Waals surface area contributed by atoms with Crippen LogP contribution in [0.3, 0.4) is 0 Å². The highest BCUT2D eigenvalue weighted by molar-refractivity contribution is 8.03. The van der Waals surface area contributed by atoms with Crippen LogP contribution in [-0.2, 0) is 9.59 Å². The molecule has 0 saturated heterocycles. The van der Waals surface area contributed by atoms with E-state index in [0.29, 0.717) is 23.4 Å². The van der Waals surface area contributed by atoms with E-state index in [1.54, 1.807) is 0 Å². The molecule has 0 bridgehead atoms. The van der Waals surface area contributed by atoms with Gasteiger partial charge in [-0.15, -0.1) is 0 Å². The molecule has 3 N–H and O–H groups in total. The van der Waals surface area contributed by atoms with E-state index in [2.05, 4.69) is 17.5 Å². The maximum atomic E-state index is 12.2. The fraction of sp³-hybridized carbons (Fsp3) is 0.571. The van der Waals surface area contributed by atoms with E-state index in [-0.39, 0.29) is 11.7 Å². The molecular weight excluding hydrogens is 288 g/mol. The predicted octanol–water partition coefficient (Wildman–Crippen LogP) is 1.16. The minimum absolute atomic E-state index is 0.00586. The average Bonchev–Trinajstić information content (AvgIpc) is 2.46. The Hall–Kier alpha value is -1.99. The molecule has 2 rings (SSSR count). The molecule has 1 aliphatic carbocycles. The summed E-state index contributed by atoms with van der Waals surface area (Å²) in [5.74, 6) is -1.75. The number of nitrogens with two attached hydrogens (primary N) is 1. The van der Waals surface area contributed by atoms with Crippen molar-refractivity contribution >= 4 is 23.6 Å². The predicted molar refractivity (Wildman–Crippen MR) is 77.1 cm³/mol. The molecule has 110 valence electrons. The third-order valence-corrected chi connectivity index (χ3v) is 5.15. The minimum Gasteiger partial charge on any atom is -0.369 e. The van der Waals surface area contributed by atoms with Crippen molar-refractivity contribution in [3.05, 3.63) is 10.6 Å². The van der Waals surface area contributed by atoms with Gasteiger partial charge in [0.15, 0.2) is 0 Å². The fourth-order valence-corrected chi connectivity index (χ4v) is 4.04. The van der Waals surface area contributed by atoms with Crippen molar-refractivity contribution in [3.63, 3.8) is 0 Å². The quantitative estimate of drug-likeness (QED) is 0.810. The smallest absolute Gasteiger partial charge is 0.243 e. The maximum Gasteiger partial charge on any atom is 0.243 e. The summed E-state index contributed by atoms with van der Waals surface area (Å²) < 4.78 is 0. The lowest BCUT2D eigenvalue weighted by atomic mass is 9.61. The number of rotatable bonds is 3. The number of nitrogens with one attached hydrogen (secondary N) is 1. The Labute approximate surface area is 127 Å². The van der Waals surface area contributed by atoms with Gasteiger partial charge in [-0.2, -0.15) is 10.5 Å². The zero-order valence-electron chi connectivity index (χ0n) is 11.5. The number of thioether (sulfide) groups is 1. The Kier molecular flexibility index (Phi) is 4.54. The summed E-state index contributed by atoms with van der Waals surface area (Å²) in [6.07, 6.45) is 4.14. The summed E-state index contributed by atoms with van der Waals surface area (Å²) in [7, 11) is 0. The SMILES string of the molecule is N#CC1=C(SCC(N)=O)NC(=O)[C@H](C#N)C12CCCCC2. The van der Waals surface area contributed by atoms with E-state index in [9.17, 15) is 20.1 Å². The van der Waals surface area contributed by atoms with Crippen LogP contribution in [0.15, 0.2) is 10.6 Å². The summed E-state index contributed by atoms with van der Waals surface area (Å²) in [6.45, 7) is 0. The molecule has 0 unspecified atom stereocenters. The molecule has 1 atom stereocenters. The number of nitriles is 2. The first-order valence-corrected chi connectivity index (χ1v) is 7.80. The lowest BCUT2D eigenvalue weighted by molar-refractivity contribution is -0.126. The molecule has 0 radical (unpaired) electrons. The van der Waals surface area contributed by atoms with Gasteiger partial charge in [0.2, 0.25) is 11.8 Å². The molecule has 2 amide bonds. The fourth-order valence-electron chi connectivity index (χ4n) is 3.19. The van der Waals surface area contributed by atoms with Crippen LogP contribution in [0.25, 0.3) is 0 Å². The third kappa shape index (κ3) is 2.74. The van der Waals surface area contributed by atoms with Crippen LogP contribution in [0, 0.1) is 34.0 Å². The van der Waals surface area contributed by atoms with Crippen molar-refractivity contribution in [1.29, 1.82) is 10.5 Å². The zero-order valence-corrected chi connectivity index (χ0v) is 12.3. The van der Waals surface area contributed by atoms with E-state index in [0.717, 1.165) is 31.0 Å². The molecule has 1 saturated carbocycles. The molecule has 1 heterocycles. The van der Waals surface area contributed by atoms with Crippen LogP contribution in [0.4, 0.5) is 0 Å². The second-order valence-electron chi connectivity index (χ2n) is 5.34. The molecule has 0 aromatic carbocycles. The standard InChI is InChI=1S/C14H16N4O2S/c15-6-9-12(20)18-13(21-8-11(17)19)10(7-16)14(9)4-2-1-3-5-14/h9H,1-5,8H2,(H2,17,19)(H,18,20)/t9-/m0/s1. The second kappa shape index (κ2) is 6.19. The van der Waals surface area contributed by atoms with Gasteiger partial charge in [0.25, 0.3) is 0 Å². The molecule has 1 spiro atoms. The number of nitrogens with zero attached hydrogens (tertiary/aromatic N) is 2. The number of hydrogen-bond acceptors (Lipinski definition) is 5. The molecule has 2 aliphatic rings. The van der Waals surface area contributed by atoms with Gasteiger partial charge in [-0.25, -0.2) is 0 Å². The van der Waals surface area contributed by atoms with Crippen LogP contribution in [0.2, 0.25) is 0 Å². The zero-order chi connectivity index (χ0) is 15.5. The Morgan fingerprint density at radius 3 is 2.57 bits per heavy atom. The summed E-state index contributed by atoms with van der Waals surface area (Å²) in [4.78, 5) is 23.1. The lowest BCUT2D eigenvalue weighted by Gasteiger charge is -2.43. The van der Waals surface area contributed by atoms with Crippen molar-refractivity contribution in [2.75, 3.05) is 5.75 Å². The van der Waals surface area contributed by atoms with Crippen molar-refractivity contribution in [2.45, 2.75) is 32.1 Å². The average molecular weight is 304 g/mol. The summed E-state index contributed by atoms with van der Waals surface area (Å²) in [5, 5.41) is 21.9. The van der Waals surface area contributed by atoms with E-state index in [4.69, 9.17) is 5.73 Å².